The van der Waals surface area contributed by atoms with Crippen LogP contribution in [0.25, 0.3) is 0 Å². The Labute approximate surface area is 176 Å². The van der Waals surface area contributed by atoms with Crippen molar-refractivity contribution in [2.24, 2.45) is 0 Å². The molecule has 0 aliphatic heterocycles. The van der Waals surface area contributed by atoms with Gasteiger partial charge >= 0.3 is 5.97 Å². The standard InChI is InChI=1S/C22H26N2O5S/c1-13-10-14(2)20(15(3)11-13)23-21(25)16(4)29-22(26)17-6-5-7-19(12-17)30(27,28)24-18-8-9-18/h5-7,10-12,16,18,24H,8-9H2,1-4H3,(H,23,25). The van der Waals surface area contributed by atoms with Gasteiger partial charge in [-0.3, -0.25) is 4.79 Å². The van der Waals surface area contributed by atoms with Gasteiger partial charge in [0, 0.05) is 11.7 Å². The van der Waals surface area contributed by atoms with Crippen LogP contribution in [0, 0.1) is 20.8 Å². The smallest absolute Gasteiger partial charge is 0.338 e. The molecule has 1 atom stereocenters. The Hall–Kier alpha value is -2.71. The summed E-state index contributed by atoms with van der Waals surface area (Å²) in [4.78, 5) is 25.0. The molecule has 8 heteroatoms. The number of nitrogens with one attached hydrogen (secondary N) is 2. The van der Waals surface area contributed by atoms with Gasteiger partial charge in [-0.05, 0) is 69.9 Å². The van der Waals surface area contributed by atoms with Crippen LogP contribution in [0.3, 0.4) is 0 Å². The molecule has 0 heterocycles. The van der Waals surface area contributed by atoms with E-state index in [1.165, 1.54) is 31.2 Å². The molecule has 160 valence electrons. The molecule has 1 fully saturated rings. The molecule has 3 rings (SSSR count). The second-order valence-electron chi connectivity index (χ2n) is 7.73. The van der Waals surface area contributed by atoms with Crippen LogP contribution in [0.4, 0.5) is 5.69 Å². The molecule has 7 nitrogen and oxygen atoms in total. The second-order valence-corrected chi connectivity index (χ2v) is 9.45. The summed E-state index contributed by atoms with van der Waals surface area (Å²) < 4.78 is 32.5. The van der Waals surface area contributed by atoms with E-state index in [-0.39, 0.29) is 16.5 Å². The first kappa shape index (κ1) is 22.0. The van der Waals surface area contributed by atoms with Crippen molar-refractivity contribution in [3.63, 3.8) is 0 Å². The van der Waals surface area contributed by atoms with E-state index >= 15 is 0 Å². The molecule has 1 amide bonds. The van der Waals surface area contributed by atoms with Gasteiger partial charge < -0.3 is 10.1 Å². The highest BCUT2D eigenvalue weighted by molar-refractivity contribution is 7.89. The van der Waals surface area contributed by atoms with Crippen LogP contribution in [0.2, 0.25) is 0 Å². The van der Waals surface area contributed by atoms with Crippen LogP contribution in [0.15, 0.2) is 41.3 Å². The van der Waals surface area contributed by atoms with Gasteiger partial charge in [-0.15, -0.1) is 0 Å². The zero-order chi connectivity index (χ0) is 22.1. The maximum absolute atomic E-state index is 12.5. The van der Waals surface area contributed by atoms with Gasteiger partial charge in [-0.1, -0.05) is 23.8 Å². The molecule has 2 aromatic carbocycles. The van der Waals surface area contributed by atoms with E-state index < -0.39 is 28.0 Å². The van der Waals surface area contributed by atoms with E-state index in [2.05, 4.69) is 10.0 Å². The molecule has 0 aromatic heterocycles. The number of aryl methyl sites for hydroxylation is 3. The van der Waals surface area contributed by atoms with Crippen LogP contribution in [-0.4, -0.2) is 32.4 Å². The van der Waals surface area contributed by atoms with Crippen LogP contribution in [0.5, 0.6) is 0 Å². The van der Waals surface area contributed by atoms with Gasteiger partial charge in [0.1, 0.15) is 0 Å². The highest BCUT2D eigenvalue weighted by Crippen LogP contribution is 2.24. The molecule has 0 saturated heterocycles. The molecule has 2 N–H and O–H groups in total. The Morgan fingerprint density at radius 1 is 1.07 bits per heavy atom. The predicted octanol–water partition coefficient (Wildman–Crippen LogP) is 3.24. The van der Waals surface area contributed by atoms with Crippen molar-refractivity contribution in [1.29, 1.82) is 0 Å². The molecule has 1 unspecified atom stereocenters. The quantitative estimate of drug-likeness (QED) is 0.657. The first-order valence-electron chi connectivity index (χ1n) is 9.79. The summed E-state index contributed by atoms with van der Waals surface area (Å²) >= 11 is 0. The van der Waals surface area contributed by atoms with E-state index in [1.807, 2.05) is 32.9 Å². The number of rotatable bonds is 7. The minimum Gasteiger partial charge on any atom is -0.449 e. The number of esters is 1. The van der Waals surface area contributed by atoms with Gasteiger partial charge in [0.25, 0.3) is 5.91 Å². The Bertz CT molecular complexity index is 1070. The van der Waals surface area contributed by atoms with Gasteiger partial charge in [-0.25, -0.2) is 17.9 Å². The average Bonchev–Trinajstić information content (AvgIpc) is 3.47. The third kappa shape index (κ3) is 5.25. The average molecular weight is 431 g/mol. The van der Waals surface area contributed by atoms with Crippen molar-refractivity contribution in [1.82, 2.24) is 4.72 Å². The summed E-state index contributed by atoms with van der Waals surface area (Å²) in [6, 6.07) is 9.48. The lowest BCUT2D eigenvalue weighted by atomic mass is 10.0. The lowest BCUT2D eigenvalue weighted by molar-refractivity contribution is -0.123. The summed E-state index contributed by atoms with van der Waals surface area (Å²) in [7, 11) is -3.69. The lowest BCUT2D eigenvalue weighted by Crippen LogP contribution is -2.30. The van der Waals surface area contributed by atoms with Gasteiger partial charge in [-0.2, -0.15) is 0 Å². The molecule has 1 aliphatic carbocycles. The van der Waals surface area contributed by atoms with Crippen LogP contribution >= 0.6 is 0 Å². The highest BCUT2D eigenvalue weighted by Gasteiger charge is 2.28. The summed E-state index contributed by atoms with van der Waals surface area (Å²) in [5.74, 6) is -1.23. The van der Waals surface area contributed by atoms with Crippen LogP contribution in [-0.2, 0) is 19.6 Å². The fraction of sp³-hybridized carbons (Fsp3) is 0.364. The van der Waals surface area contributed by atoms with E-state index in [1.54, 1.807) is 0 Å². The van der Waals surface area contributed by atoms with Gasteiger partial charge in [0.2, 0.25) is 10.0 Å². The summed E-state index contributed by atoms with van der Waals surface area (Å²) in [5.41, 5.74) is 3.68. The first-order valence-corrected chi connectivity index (χ1v) is 11.3. The molecular weight excluding hydrogens is 404 g/mol. The Kier molecular flexibility index (Phi) is 6.28. The number of sulfonamides is 1. The largest absolute Gasteiger partial charge is 0.449 e. The first-order chi connectivity index (χ1) is 14.1. The lowest BCUT2D eigenvalue weighted by Gasteiger charge is -2.17. The van der Waals surface area contributed by atoms with E-state index in [9.17, 15) is 18.0 Å². The summed E-state index contributed by atoms with van der Waals surface area (Å²) in [6.07, 6.45) is 0.573. The zero-order valence-electron chi connectivity index (χ0n) is 17.5. The number of hydrogen-bond acceptors (Lipinski definition) is 5. The molecule has 0 bridgehead atoms. The number of amides is 1. The van der Waals surface area contributed by atoms with Crippen molar-refractivity contribution in [3.8, 4) is 0 Å². The van der Waals surface area contributed by atoms with Crippen molar-refractivity contribution in [3.05, 3.63) is 58.7 Å². The molecular formula is C22H26N2O5S. The number of hydrogen-bond donors (Lipinski definition) is 2. The molecule has 30 heavy (non-hydrogen) atoms. The summed E-state index contributed by atoms with van der Waals surface area (Å²) in [6.45, 7) is 7.24. The Morgan fingerprint density at radius 3 is 2.30 bits per heavy atom. The SMILES string of the molecule is Cc1cc(C)c(NC(=O)C(C)OC(=O)c2cccc(S(=O)(=O)NC3CC3)c2)c(C)c1. The topological polar surface area (TPSA) is 102 Å². The number of ether oxygens (including phenoxy) is 1. The summed E-state index contributed by atoms with van der Waals surface area (Å²) in [5, 5.41) is 2.80. The minimum absolute atomic E-state index is 0.00754. The minimum atomic E-state index is -3.69. The van der Waals surface area contributed by atoms with Gasteiger partial charge in [0.05, 0.1) is 10.5 Å². The van der Waals surface area contributed by atoms with E-state index in [4.69, 9.17) is 4.74 Å². The maximum atomic E-state index is 12.5. The Morgan fingerprint density at radius 2 is 1.70 bits per heavy atom. The number of carbonyl (C=O) groups excluding carboxylic acids is 2. The third-order valence-electron chi connectivity index (χ3n) is 4.86. The van der Waals surface area contributed by atoms with E-state index in [0.29, 0.717) is 5.69 Å². The fourth-order valence-corrected chi connectivity index (χ4v) is 4.51. The Balaban J connectivity index is 1.68. The fourth-order valence-electron chi connectivity index (χ4n) is 3.16. The molecule has 0 spiro atoms. The van der Waals surface area contributed by atoms with E-state index in [0.717, 1.165) is 29.5 Å². The second kappa shape index (κ2) is 8.57. The highest BCUT2D eigenvalue weighted by atomic mass is 32.2. The van der Waals surface area contributed by atoms with Crippen LogP contribution < -0.4 is 10.0 Å². The molecule has 1 saturated carbocycles. The molecule has 0 radical (unpaired) electrons. The van der Waals surface area contributed by atoms with Crippen molar-refractivity contribution >= 4 is 27.6 Å². The monoisotopic (exact) mass is 430 g/mol. The van der Waals surface area contributed by atoms with Crippen molar-refractivity contribution in [2.75, 3.05) is 5.32 Å². The number of carbonyl (C=O) groups is 2. The predicted molar refractivity (Wildman–Crippen MR) is 114 cm³/mol. The van der Waals surface area contributed by atoms with Crippen molar-refractivity contribution in [2.45, 2.75) is 57.6 Å². The molecule has 2 aromatic rings. The third-order valence-corrected chi connectivity index (χ3v) is 6.38. The number of anilines is 1. The molecule has 1 aliphatic rings. The zero-order valence-corrected chi connectivity index (χ0v) is 18.3. The van der Waals surface area contributed by atoms with Crippen molar-refractivity contribution < 1.29 is 22.7 Å². The normalized spacial score (nSPS) is 14.8. The number of benzene rings is 2. The van der Waals surface area contributed by atoms with Gasteiger partial charge in [0.15, 0.2) is 6.10 Å². The van der Waals surface area contributed by atoms with Crippen LogP contribution in [0.1, 0.15) is 46.8 Å². The maximum Gasteiger partial charge on any atom is 0.338 e.